The fourth-order valence-corrected chi connectivity index (χ4v) is 3.13. The van der Waals surface area contributed by atoms with E-state index in [1.807, 2.05) is 74.5 Å². The van der Waals surface area contributed by atoms with Gasteiger partial charge in [0.25, 0.3) is 5.91 Å². The second-order valence-electron chi connectivity index (χ2n) is 6.72. The van der Waals surface area contributed by atoms with Crippen LogP contribution in [0.1, 0.15) is 21.5 Å². The number of nitrogens with zero attached hydrogens (tertiary/aromatic N) is 3. The minimum atomic E-state index is -0.145. The fourth-order valence-electron chi connectivity index (χ4n) is 3.13. The first-order chi connectivity index (χ1) is 13.5. The van der Waals surface area contributed by atoms with Gasteiger partial charge in [0.05, 0.1) is 12.8 Å². The zero-order valence-electron chi connectivity index (χ0n) is 15.9. The van der Waals surface area contributed by atoms with Crippen molar-refractivity contribution in [2.24, 2.45) is 0 Å². The number of carbonyl (C=O) groups excluding carboxylic acids is 1. The van der Waals surface area contributed by atoms with Gasteiger partial charge in [0.15, 0.2) is 0 Å². The maximum atomic E-state index is 12.6. The van der Waals surface area contributed by atoms with Crippen molar-refractivity contribution in [1.29, 1.82) is 0 Å². The van der Waals surface area contributed by atoms with Crippen LogP contribution in [0.2, 0.25) is 0 Å². The van der Waals surface area contributed by atoms with E-state index in [-0.39, 0.29) is 5.91 Å². The van der Waals surface area contributed by atoms with E-state index in [9.17, 15) is 4.79 Å². The molecule has 0 aliphatic rings. The Morgan fingerprint density at radius 1 is 0.893 bits per heavy atom. The van der Waals surface area contributed by atoms with Crippen molar-refractivity contribution in [3.05, 3.63) is 77.4 Å². The first kappa shape index (κ1) is 17.7. The first-order valence-electron chi connectivity index (χ1n) is 8.93. The zero-order chi connectivity index (χ0) is 19.7. The van der Waals surface area contributed by atoms with E-state index in [0.717, 1.165) is 28.1 Å². The number of hydrogen-bond donors (Lipinski definition) is 1. The standard InChI is InChI=1S/C22H20N4O2/c1-14-10-15(2)12-16(11-14)22(27)23-17-4-9-20-21(13-17)25-26(24-20)18-5-7-19(28-3)8-6-18/h4-13H,1-3H3,(H,23,27). The lowest BCUT2D eigenvalue weighted by molar-refractivity contribution is 0.102. The third kappa shape index (κ3) is 3.57. The van der Waals surface area contributed by atoms with Crippen molar-refractivity contribution in [3.63, 3.8) is 0 Å². The Morgan fingerprint density at radius 3 is 2.25 bits per heavy atom. The van der Waals surface area contributed by atoms with E-state index in [1.165, 1.54) is 0 Å². The van der Waals surface area contributed by atoms with Crippen LogP contribution in [0.5, 0.6) is 5.75 Å². The number of amides is 1. The minimum Gasteiger partial charge on any atom is -0.497 e. The highest BCUT2D eigenvalue weighted by molar-refractivity contribution is 6.05. The molecule has 0 radical (unpaired) electrons. The monoisotopic (exact) mass is 372 g/mol. The molecule has 0 bridgehead atoms. The summed E-state index contributed by atoms with van der Waals surface area (Å²) in [6.45, 7) is 3.96. The Labute approximate surface area is 162 Å². The van der Waals surface area contributed by atoms with Gasteiger partial charge in [-0.3, -0.25) is 4.79 Å². The van der Waals surface area contributed by atoms with Crippen molar-refractivity contribution in [2.75, 3.05) is 12.4 Å². The van der Waals surface area contributed by atoms with Crippen molar-refractivity contribution in [1.82, 2.24) is 15.0 Å². The summed E-state index contributed by atoms with van der Waals surface area (Å²) in [5, 5.41) is 11.9. The Morgan fingerprint density at radius 2 is 1.57 bits per heavy atom. The molecule has 4 aromatic rings. The number of benzene rings is 3. The van der Waals surface area contributed by atoms with Crippen LogP contribution in [-0.2, 0) is 0 Å². The van der Waals surface area contributed by atoms with E-state index in [2.05, 4.69) is 15.5 Å². The van der Waals surface area contributed by atoms with Crippen LogP contribution >= 0.6 is 0 Å². The maximum absolute atomic E-state index is 12.6. The molecular formula is C22H20N4O2. The molecule has 0 saturated heterocycles. The molecule has 1 aromatic heterocycles. The van der Waals surface area contributed by atoms with Gasteiger partial charge in [-0.15, -0.1) is 10.2 Å². The molecule has 6 nitrogen and oxygen atoms in total. The highest BCUT2D eigenvalue weighted by atomic mass is 16.5. The van der Waals surface area contributed by atoms with Crippen LogP contribution in [-0.4, -0.2) is 28.0 Å². The molecule has 0 aliphatic heterocycles. The lowest BCUT2D eigenvalue weighted by Crippen LogP contribution is -2.12. The van der Waals surface area contributed by atoms with Crippen LogP contribution in [0.3, 0.4) is 0 Å². The predicted molar refractivity (Wildman–Crippen MR) is 109 cm³/mol. The smallest absolute Gasteiger partial charge is 0.255 e. The summed E-state index contributed by atoms with van der Waals surface area (Å²) >= 11 is 0. The van der Waals surface area contributed by atoms with Crippen LogP contribution < -0.4 is 10.1 Å². The quantitative estimate of drug-likeness (QED) is 0.580. The lowest BCUT2D eigenvalue weighted by Gasteiger charge is -2.07. The van der Waals surface area contributed by atoms with Crippen molar-refractivity contribution < 1.29 is 9.53 Å². The Hall–Kier alpha value is -3.67. The molecule has 140 valence electrons. The molecule has 6 heteroatoms. The van der Waals surface area contributed by atoms with E-state index in [0.29, 0.717) is 16.8 Å². The summed E-state index contributed by atoms with van der Waals surface area (Å²) in [6.07, 6.45) is 0. The molecule has 0 aliphatic carbocycles. The number of aromatic nitrogens is 3. The van der Waals surface area contributed by atoms with Crippen LogP contribution in [0.15, 0.2) is 60.7 Å². The third-order valence-electron chi connectivity index (χ3n) is 4.43. The summed E-state index contributed by atoms with van der Waals surface area (Å²) < 4.78 is 5.18. The van der Waals surface area contributed by atoms with Gasteiger partial charge in [0.1, 0.15) is 16.8 Å². The number of fused-ring (bicyclic) bond motifs is 1. The number of hydrogen-bond acceptors (Lipinski definition) is 4. The number of aryl methyl sites for hydroxylation is 2. The maximum Gasteiger partial charge on any atom is 0.255 e. The molecule has 0 fully saturated rings. The Balaban J connectivity index is 1.59. The molecule has 28 heavy (non-hydrogen) atoms. The highest BCUT2D eigenvalue weighted by Crippen LogP contribution is 2.20. The number of methoxy groups -OCH3 is 1. The largest absolute Gasteiger partial charge is 0.497 e. The van der Waals surface area contributed by atoms with E-state index in [4.69, 9.17) is 4.74 Å². The Kier molecular flexibility index (Phi) is 4.53. The number of ether oxygens (including phenoxy) is 1. The average Bonchev–Trinajstić information content (AvgIpc) is 3.10. The fraction of sp³-hybridized carbons (Fsp3) is 0.136. The molecule has 3 aromatic carbocycles. The number of anilines is 1. The summed E-state index contributed by atoms with van der Waals surface area (Å²) in [5.74, 6) is 0.630. The molecule has 1 amide bonds. The van der Waals surface area contributed by atoms with Crippen LogP contribution in [0.25, 0.3) is 16.7 Å². The van der Waals surface area contributed by atoms with Gasteiger partial charge in [0, 0.05) is 11.3 Å². The molecule has 0 saturated carbocycles. The molecular weight excluding hydrogens is 352 g/mol. The molecule has 0 atom stereocenters. The molecule has 1 heterocycles. The predicted octanol–water partition coefficient (Wildman–Crippen LogP) is 4.30. The second kappa shape index (κ2) is 7.15. The normalized spacial score (nSPS) is 10.8. The number of nitrogens with one attached hydrogen (secondary N) is 1. The van der Waals surface area contributed by atoms with Gasteiger partial charge in [-0.25, -0.2) is 0 Å². The summed E-state index contributed by atoms with van der Waals surface area (Å²) in [4.78, 5) is 14.1. The average molecular weight is 372 g/mol. The highest BCUT2D eigenvalue weighted by Gasteiger charge is 2.10. The van der Waals surface area contributed by atoms with Gasteiger partial charge < -0.3 is 10.1 Å². The topological polar surface area (TPSA) is 69.0 Å². The van der Waals surface area contributed by atoms with Crippen LogP contribution in [0, 0.1) is 13.8 Å². The summed E-state index contributed by atoms with van der Waals surface area (Å²) in [6, 6.07) is 18.8. The molecule has 4 rings (SSSR count). The summed E-state index contributed by atoms with van der Waals surface area (Å²) in [7, 11) is 1.63. The van der Waals surface area contributed by atoms with Crippen molar-refractivity contribution in [2.45, 2.75) is 13.8 Å². The number of carbonyl (C=O) groups is 1. The molecule has 0 unspecified atom stereocenters. The second-order valence-corrected chi connectivity index (χ2v) is 6.72. The first-order valence-corrected chi connectivity index (χ1v) is 8.93. The van der Waals surface area contributed by atoms with E-state index in [1.54, 1.807) is 11.9 Å². The van der Waals surface area contributed by atoms with E-state index < -0.39 is 0 Å². The molecule has 1 N–H and O–H groups in total. The van der Waals surface area contributed by atoms with Gasteiger partial charge in [-0.1, -0.05) is 17.2 Å². The lowest BCUT2D eigenvalue weighted by atomic mass is 10.1. The van der Waals surface area contributed by atoms with Crippen molar-refractivity contribution in [3.8, 4) is 11.4 Å². The van der Waals surface area contributed by atoms with Gasteiger partial charge in [-0.05, 0) is 68.4 Å². The molecule has 0 spiro atoms. The van der Waals surface area contributed by atoms with Gasteiger partial charge in [0.2, 0.25) is 0 Å². The Bertz CT molecular complexity index is 1140. The SMILES string of the molecule is COc1ccc(-n2nc3ccc(NC(=O)c4cc(C)cc(C)c4)cc3n2)cc1. The van der Waals surface area contributed by atoms with Crippen molar-refractivity contribution >= 4 is 22.6 Å². The van der Waals surface area contributed by atoms with Crippen LogP contribution in [0.4, 0.5) is 5.69 Å². The zero-order valence-corrected chi connectivity index (χ0v) is 15.9. The van der Waals surface area contributed by atoms with Gasteiger partial charge in [-0.2, -0.15) is 4.80 Å². The van der Waals surface area contributed by atoms with Gasteiger partial charge >= 0.3 is 0 Å². The van der Waals surface area contributed by atoms with E-state index >= 15 is 0 Å². The third-order valence-corrected chi connectivity index (χ3v) is 4.43. The minimum absolute atomic E-state index is 0.145. The number of rotatable bonds is 4. The summed E-state index contributed by atoms with van der Waals surface area (Å²) in [5.41, 5.74) is 5.72.